The van der Waals surface area contributed by atoms with Crippen LogP contribution in [-0.2, 0) is 75.7 Å². The first kappa shape index (κ1) is 46.0. The molecule has 0 amide bonds. The maximum Gasteiger partial charge on any atom is 0.187 e. The lowest BCUT2D eigenvalue weighted by Gasteiger charge is -2.50. The molecule has 2 bridgehead atoms. The lowest BCUT2D eigenvalue weighted by atomic mass is 9.78. The van der Waals surface area contributed by atoms with Crippen LogP contribution >= 0.6 is 0 Å². The Morgan fingerprint density at radius 1 is 0.470 bits per heavy atom. The zero-order chi connectivity index (χ0) is 45.1. The van der Waals surface area contributed by atoms with Crippen LogP contribution in [0.1, 0.15) is 39.3 Å². The van der Waals surface area contributed by atoms with Crippen molar-refractivity contribution in [3.05, 3.63) is 215 Å². The van der Waals surface area contributed by atoms with Gasteiger partial charge in [0.15, 0.2) is 12.6 Å². The molecule has 2 saturated heterocycles. The van der Waals surface area contributed by atoms with Crippen molar-refractivity contribution in [2.75, 3.05) is 13.7 Å². The third-order valence-corrected chi connectivity index (χ3v) is 12.7. The summed E-state index contributed by atoms with van der Waals surface area (Å²) in [4.78, 5) is 0. The first-order valence-corrected chi connectivity index (χ1v) is 22.7. The van der Waals surface area contributed by atoms with E-state index in [1.165, 1.54) is 0 Å². The van der Waals surface area contributed by atoms with Gasteiger partial charge in [-0.3, -0.25) is 0 Å². The van der Waals surface area contributed by atoms with Gasteiger partial charge in [-0.05, 0) is 33.4 Å². The van der Waals surface area contributed by atoms with E-state index in [9.17, 15) is 10.2 Å². The van der Waals surface area contributed by atoms with Crippen molar-refractivity contribution < 1.29 is 52.8 Å². The molecule has 3 aliphatic rings. The lowest BCUT2D eigenvalue weighted by molar-refractivity contribution is -0.375. The van der Waals surface area contributed by atoms with Crippen LogP contribution in [0.2, 0.25) is 0 Å². The highest BCUT2D eigenvalue weighted by atomic mass is 16.8. The van der Waals surface area contributed by atoms with Crippen molar-refractivity contribution in [3.8, 4) is 0 Å². The van der Waals surface area contributed by atoms with Gasteiger partial charge in [0.05, 0.1) is 45.7 Å². The van der Waals surface area contributed by atoms with Crippen LogP contribution in [0.25, 0.3) is 0 Å². The SMILES string of the molecule is CO[C@@H]1O[C@H](COCc2ccccc2)[C@@H](O[C@@H]2O[C@@H]3C(OCc4ccccc4)C(c4ccccc4)[C@](O)([C@H]3O)[C@H]2OCc2ccccc2)[C@H](OCc2ccccc2)[C@H]1OCc1ccccc1. The normalized spacial score (nSPS) is 29.4. The van der Waals surface area contributed by atoms with Gasteiger partial charge in [0.2, 0.25) is 0 Å². The molecule has 11 heteroatoms. The van der Waals surface area contributed by atoms with E-state index in [-0.39, 0.29) is 33.0 Å². The molecule has 2 heterocycles. The smallest absolute Gasteiger partial charge is 0.187 e. The van der Waals surface area contributed by atoms with Crippen LogP contribution < -0.4 is 0 Å². The van der Waals surface area contributed by atoms with Crippen molar-refractivity contribution in [1.29, 1.82) is 0 Å². The number of hydrogen-bond acceptors (Lipinski definition) is 11. The molecular formula is C55H58O11. The number of hydrogen-bond donors (Lipinski definition) is 2. The van der Waals surface area contributed by atoms with Crippen LogP contribution in [0, 0.1) is 0 Å². The van der Waals surface area contributed by atoms with Crippen molar-refractivity contribution in [2.45, 2.75) is 106 Å². The van der Waals surface area contributed by atoms with Crippen molar-refractivity contribution in [1.82, 2.24) is 0 Å². The Balaban J connectivity index is 1.11. The topological polar surface area (TPSA) is 124 Å². The second-order valence-corrected chi connectivity index (χ2v) is 17.1. The summed E-state index contributed by atoms with van der Waals surface area (Å²) in [6.07, 6.45) is -10.1. The molecule has 12 atom stereocenters. The van der Waals surface area contributed by atoms with E-state index in [2.05, 4.69) is 0 Å². The fourth-order valence-corrected chi connectivity index (χ4v) is 9.46. The number of rotatable bonds is 20. The fourth-order valence-electron chi connectivity index (χ4n) is 9.46. The highest BCUT2D eigenvalue weighted by molar-refractivity contribution is 5.34. The van der Waals surface area contributed by atoms with Gasteiger partial charge >= 0.3 is 0 Å². The van der Waals surface area contributed by atoms with Gasteiger partial charge in [0.25, 0.3) is 0 Å². The molecule has 6 aromatic rings. The number of ether oxygens (including phenoxy) is 9. The Labute approximate surface area is 386 Å². The van der Waals surface area contributed by atoms with Gasteiger partial charge in [0.1, 0.15) is 48.3 Å². The maximum absolute atomic E-state index is 13.5. The van der Waals surface area contributed by atoms with E-state index in [0.29, 0.717) is 6.61 Å². The van der Waals surface area contributed by atoms with Crippen LogP contribution in [0.15, 0.2) is 182 Å². The Morgan fingerprint density at radius 3 is 1.38 bits per heavy atom. The summed E-state index contributed by atoms with van der Waals surface area (Å²) in [7, 11) is 1.58. The lowest BCUT2D eigenvalue weighted by Crippen LogP contribution is -2.68. The van der Waals surface area contributed by atoms with E-state index < -0.39 is 72.9 Å². The highest BCUT2D eigenvalue weighted by Crippen LogP contribution is 2.54. The average Bonchev–Trinajstić information content (AvgIpc) is 3.51. The molecule has 0 spiro atoms. The van der Waals surface area contributed by atoms with Gasteiger partial charge in [-0.1, -0.05) is 182 Å². The molecular weight excluding hydrogens is 837 g/mol. The minimum absolute atomic E-state index is 0.0735. The zero-order valence-electron chi connectivity index (χ0n) is 37.0. The van der Waals surface area contributed by atoms with Crippen LogP contribution in [0.5, 0.6) is 0 Å². The predicted octanol–water partition coefficient (Wildman–Crippen LogP) is 7.92. The van der Waals surface area contributed by atoms with Gasteiger partial charge < -0.3 is 52.8 Å². The van der Waals surface area contributed by atoms with E-state index >= 15 is 0 Å². The van der Waals surface area contributed by atoms with Crippen LogP contribution in [0.3, 0.4) is 0 Å². The monoisotopic (exact) mass is 894 g/mol. The van der Waals surface area contributed by atoms with E-state index in [1.807, 2.05) is 182 Å². The van der Waals surface area contributed by atoms with Gasteiger partial charge in [-0.15, -0.1) is 0 Å². The Bertz CT molecular complexity index is 2330. The molecule has 1 saturated carbocycles. The molecule has 11 nitrogen and oxygen atoms in total. The van der Waals surface area contributed by atoms with Gasteiger partial charge in [-0.2, -0.15) is 0 Å². The molecule has 1 aliphatic carbocycles. The molecule has 3 fully saturated rings. The summed E-state index contributed by atoms with van der Waals surface area (Å²) in [5.41, 5.74) is 3.45. The first-order valence-electron chi connectivity index (χ1n) is 22.7. The van der Waals surface area contributed by atoms with Crippen molar-refractivity contribution >= 4 is 0 Å². The fraction of sp³-hybridized carbons (Fsp3) is 0.345. The highest BCUT2D eigenvalue weighted by Gasteiger charge is 2.71. The molecule has 344 valence electrons. The number of aliphatic hydroxyl groups excluding tert-OH is 1. The minimum Gasteiger partial charge on any atom is -0.387 e. The van der Waals surface area contributed by atoms with Crippen molar-refractivity contribution in [2.24, 2.45) is 0 Å². The standard InChI is InChI=1S/C55H58O11/c1-58-53-50(62-35-41-26-14-5-15-27-41)48(61-34-40-24-12-4-13-25-40)46(44(64-53)37-59-32-38-20-8-2-9-21-38)65-54-52(63-36-42-28-16-6-17-29-42)55(57)45(43-30-18-7-19-31-43)47(49(66-54)51(55)56)60-33-39-22-10-3-11-23-39/h2-31,44-54,56-57H,32-37H2,1H3/t44-,45?,46-,47?,48+,49-,50-,51+,52+,53-,54-,55+/m1/s1. The second kappa shape index (κ2) is 22.1. The summed E-state index contributed by atoms with van der Waals surface area (Å²) < 4.78 is 60.7. The third kappa shape index (κ3) is 10.5. The Kier molecular flexibility index (Phi) is 15.4. The summed E-state index contributed by atoms with van der Waals surface area (Å²) in [6.45, 7) is 1.12. The van der Waals surface area contributed by atoms with E-state index in [0.717, 1.165) is 33.4 Å². The largest absolute Gasteiger partial charge is 0.387 e. The summed E-state index contributed by atoms with van der Waals surface area (Å²) >= 11 is 0. The van der Waals surface area contributed by atoms with Gasteiger partial charge in [-0.25, -0.2) is 0 Å². The summed E-state index contributed by atoms with van der Waals surface area (Å²) in [5.74, 6) is -0.797. The molecule has 2 N–H and O–H groups in total. The number of aliphatic hydroxyl groups is 2. The Morgan fingerprint density at radius 2 is 0.894 bits per heavy atom. The first-order chi connectivity index (χ1) is 32.5. The Hall–Kier alpha value is -5.12. The zero-order valence-corrected chi connectivity index (χ0v) is 37.0. The maximum atomic E-state index is 13.5. The summed E-state index contributed by atoms with van der Waals surface area (Å²) in [6, 6.07) is 58.7. The van der Waals surface area contributed by atoms with Crippen LogP contribution in [0.4, 0.5) is 0 Å². The summed E-state index contributed by atoms with van der Waals surface area (Å²) in [5, 5.41) is 25.8. The number of methoxy groups -OCH3 is 1. The molecule has 9 rings (SSSR count). The molecule has 6 aromatic carbocycles. The van der Waals surface area contributed by atoms with Crippen molar-refractivity contribution in [3.63, 3.8) is 0 Å². The van der Waals surface area contributed by atoms with Gasteiger partial charge in [0, 0.05) is 13.0 Å². The second-order valence-electron chi connectivity index (χ2n) is 17.1. The molecule has 0 aromatic heterocycles. The third-order valence-electron chi connectivity index (χ3n) is 12.7. The number of fused-ring (bicyclic) bond motifs is 2. The number of benzene rings is 6. The average molecular weight is 895 g/mol. The van der Waals surface area contributed by atoms with E-state index in [1.54, 1.807) is 7.11 Å². The minimum atomic E-state index is -1.97. The molecule has 66 heavy (non-hydrogen) atoms. The molecule has 0 radical (unpaired) electrons. The predicted molar refractivity (Wildman–Crippen MR) is 246 cm³/mol. The molecule has 2 unspecified atom stereocenters. The van der Waals surface area contributed by atoms with E-state index in [4.69, 9.17) is 42.6 Å². The quantitative estimate of drug-likeness (QED) is 0.0778. The van der Waals surface area contributed by atoms with Crippen LogP contribution in [-0.4, -0.2) is 90.9 Å². The molecule has 2 aliphatic heterocycles.